The van der Waals surface area contributed by atoms with E-state index in [1.807, 2.05) is 0 Å². The van der Waals surface area contributed by atoms with Gasteiger partial charge in [0.1, 0.15) is 17.2 Å². The molecule has 0 aliphatic rings. The topological polar surface area (TPSA) is 110 Å². The maximum absolute atomic E-state index is 13.0. The number of rotatable bonds is 6. The number of nitrogens with one attached hydrogen (secondary N) is 2. The number of alkyl halides is 3. The van der Waals surface area contributed by atoms with E-state index in [0.29, 0.717) is 16.3 Å². The number of nitrogens with zero attached hydrogens (tertiary/aromatic N) is 2. The van der Waals surface area contributed by atoms with Gasteiger partial charge in [0, 0.05) is 22.7 Å². The number of non-ortho nitro benzene ring substituents is 1. The Morgan fingerprint density at radius 3 is 2.46 bits per heavy atom. The molecule has 8 nitrogen and oxygen atoms in total. The number of hydrogen-bond acceptors (Lipinski definition) is 5. The van der Waals surface area contributed by atoms with Crippen molar-refractivity contribution in [3.63, 3.8) is 0 Å². The van der Waals surface area contributed by atoms with Crippen molar-refractivity contribution in [2.45, 2.75) is 6.18 Å². The number of nitro groups is 1. The number of amides is 1. The predicted octanol–water partition coefficient (Wildman–Crippen LogP) is 6.70. The molecule has 12 heteroatoms. The van der Waals surface area contributed by atoms with Crippen LogP contribution in [0, 0.1) is 10.1 Å². The first-order valence-corrected chi connectivity index (χ1v) is 10.2. The standard InChI is InChI=1S/C23H14ClF3N4O4/c24-15-6-4-13(5-7-15)20-12-21(30-29-20)22(32)28-16-9-17(31(33)34)11-19(10-16)35-18-3-1-2-14(8-18)23(25,26)27/h1-12H,(H,28,32)(H,29,30). The molecule has 1 amide bonds. The highest BCUT2D eigenvalue weighted by Gasteiger charge is 2.30. The van der Waals surface area contributed by atoms with Gasteiger partial charge in [0.05, 0.1) is 27.9 Å². The van der Waals surface area contributed by atoms with Gasteiger partial charge in [-0.1, -0.05) is 29.8 Å². The zero-order valence-corrected chi connectivity index (χ0v) is 18.2. The fraction of sp³-hybridized carbons (Fsp3) is 0.0435. The van der Waals surface area contributed by atoms with Crippen LogP contribution < -0.4 is 10.1 Å². The molecule has 2 N–H and O–H groups in total. The number of anilines is 1. The fourth-order valence-corrected chi connectivity index (χ4v) is 3.22. The minimum atomic E-state index is -4.59. The molecule has 3 aromatic carbocycles. The zero-order chi connectivity index (χ0) is 25.2. The van der Waals surface area contributed by atoms with Crippen molar-refractivity contribution >= 4 is 28.9 Å². The zero-order valence-electron chi connectivity index (χ0n) is 17.5. The van der Waals surface area contributed by atoms with Gasteiger partial charge in [-0.05, 0) is 36.4 Å². The van der Waals surface area contributed by atoms with Crippen LogP contribution >= 0.6 is 11.6 Å². The lowest BCUT2D eigenvalue weighted by atomic mass is 10.1. The van der Waals surface area contributed by atoms with Crippen LogP contribution in [0.2, 0.25) is 5.02 Å². The van der Waals surface area contributed by atoms with Gasteiger partial charge in [0.25, 0.3) is 11.6 Å². The Hall–Kier alpha value is -4.38. The Balaban J connectivity index is 1.57. The summed E-state index contributed by atoms with van der Waals surface area (Å²) in [5.74, 6) is -0.970. The lowest BCUT2D eigenvalue weighted by molar-refractivity contribution is -0.384. The minimum absolute atomic E-state index is 0.00572. The van der Waals surface area contributed by atoms with Crippen molar-refractivity contribution in [1.82, 2.24) is 10.2 Å². The van der Waals surface area contributed by atoms with E-state index in [9.17, 15) is 28.1 Å². The van der Waals surface area contributed by atoms with Crippen LogP contribution in [-0.4, -0.2) is 21.0 Å². The van der Waals surface area contributed by atoms with Gasteiger partial charge in [0.2, 0.25) is 0 Å². The van der Waals surface area contributed by atoms with Crippen LogP contribution in [0.3, 0.4) is 0 Å². The molecule has 4 aromatic rings. The number of nitro benzene ring substituents is 1. The van der Waals surface area contributed by atoms with E-state index in [1.54, 1.807) is 24.3 Å². The maximum atomic E-state index is 13.0. The number of benzene rings is 3. The number of carbonyl (C=O) groups is 1. The second kappa shape index (κ2) is 9.47. The number of halogens is 4. The van der Waals surface area contributed by atoms with Crippen molar-refractivity contribution in [2.75, 3.05) is 5.32 Å². The van der Waals surface area contributed by atoms with E-state index >= 15 is 0 Å². The van der Waals surface area contributed by atoms with Crippen molar-refractivity contribution in [3.05, 3.63) is 99.2 Å². The Morgan fingerprint density at radius 2 is 1.77 bits per heavy atom. The van der Waals surface area contributed by atoms with Crippen molar-refractivity contribution in [2.24, 2.45) is 0 Å². The SMILES string of the molecule is O=C(Nc1cc(Oc2cccc(C(F)(F)F)c2)cc([N+](=O)[O-])c1)c1cc(-c2ccc(Cl)cc2)n[nH]1. The van der Waals surface area contributed by atoms with Crippen molar-refractivity contribution in [3.8, 4) is 22.8 Å². The number of carbonyl (C=O) groups excluding carboxylic acids is 1. The molecule has 0 saturated carbocycles. The number of aromatic nitrogens is 2. The first-order chi connectivity index (χ1) is 16.6. The molecule has 0 unspecified atom stereocenters. The molecule has 0 saturated heterocycles. The average molecular weight is 503 g/mol. The second-order valence-electron chi connectivity index (χ2n) is 7.23. The third-order valence-corrected chi connectivity index (χ3v) is 4.97. The average Bonchev–Trinajstić information content (AvgIpc) is 3.29. The largest absolute Gasteiger partial charge is 0.457 e. The van der Waals surface area contributed by atoms with Gasteiger partial charge in [0.15, 0.2) is 0 Å². The summed E-state index contributed by atoms with van der Waals surface area (Å²) in [7, 11) is 0. The molecule has 1 aromatic heterocycles. The lowest BCUT2D eigenvalue weighted by Crippen LogP contribution is -2.12. The van der Waals surface area contributed by atoms with E-state index < -0.39 is 28.3 Å². The van der Waals surface area contributed by atoms with Gasteiger partial charge in [-0.2, -0.15) is 18.3 Å². The predicted molar refractivity (Wildman–Crippen MR) is 122 cm³/mol. The third-order valence-electron chi connectivity index (χ3n) is 4.72. The smallest absolute Gasteiger partial charge is 0.416 e. The van der Waals surface area contributed by atoms with Gasteiger partial charge >= 0.3 is 6.18 Å². The Labute approximate surface area is 200 Å². The molecular formula is C23H14ClF3N4O4. The van der Waals surface area contributed by atoms with Crippen LogP contribution in [-0.2, 0) is 6.18 Å². The van der Waals surface area contributed by atoms with Gasteiger partial charge in [-0.25, -0.2) is 0 Å². The van der Waals surface area contributed by atoms with Gasteiger partial charge in [-0.3, -0.25) is 20.0 Å². The quantitative estimate of drug-likeness (QED) is 0.225. The molecule has 0 aliphatic carbocycles. The van der Waals surface area contributed by atoms with Crippen LogP contribution in [0.25, 0.3) is 11.3 Å². The second-order valence-corrected chi connectivity index (χ2v) is 7.66. The first kappa shape index (κ1) is 23.8. The highest BCUT2D eigenvalue weighted by molar-refractivity contribution is 6.30. The molecule has 0 bridgehead atoms. The fourth-order valence-electron chi connectivity index (χ4n) is 3.10. The maximum Gasteiger partial charge on any atom is 0.416 e. The van der Waals surface area contributed by atoms with Crippen LogP contribution in [0.15, 0.2) is 72.8 Å². The summed E-state index contributed by atoms with van der Waals surface area (Å²) in [5.41, 5.74) is -0.132. The monoisotopic (exact) mass is 502 g/mol. The molecule has 178 valence electrons. The number of H-pyrrole nitrogens is 1. The molecule has 4 rings (SSSR count). The highest BCUT2D eigenvalue weighted by Crippen LogP contribution is 2.34. The van der Waals surface area contributed by atoms with E-state index in [2.05, 4.69) is 15.5 Å². The van der Waals surface area contributed by atoms with Gasteiger partial charge < -0.3 is 10.1 Å². The van der Waals surface area contributed by atoms with E-state index in [-0.39, 0.29) is 22.9 Å². The summed E-state index contributed by atoms with van der Waals surface area (Å²) in [6, 6.07) is 15.7. The molecule has 0 radical (unpaired) electrons. The normalized spacial score (nSPS) is 11.2. The number of hydrogen-bond donors (Lipinski definition) is 2. The summed E-state index contributed by atoms with van der Waals surface area (Å²) >= 11 is 5.87. The molecule has 0 atom stereocenters. The molecule has 0 aliphatic heterocycles. The van der Waals surface area contributed by atoms with Gasteiger partial charge in [-0.15, -0.1) is 0 Å². The summed E-state index contributed by atoms with van der Waals surface area (Å²) in [4.78, 5) is 23.3. The summed E-state index contributed by atoms with van der Waals surface area (Å²) in [6.07, 6.45) is -4.59. The van der Waals surface area contributed by atoms with Crippen molar-refractivity contribution < 1.29 is 27.6 Å². The summed E-state index contributed by atoms with van der Waals surface area (Å²) < 4.78 is 44.3. The van der Waals surface area contributed by atoms with E-state index in [0.717, 1.165) is 30.3 Å². The van der Waals surface area contributed by atoms with E-state index in [4.69, 9.17) is 16.3 Å². The molecule has 0 spiro atoms. The van der Waals surface area contributed by atoms with Crippen LogP contribution in [0.1, 0.15) is 16.1 Å². The number of ether oxygens (including phenoxy) is 1. The van der Waals surface area contributed by atoms with Crippen LogP contribution in [0.5, 0.6) is 11.5 Å². The number of aromatic amines is 1. The Morgan fingerprint density at radius 1 is 1.03 bits per heavy atom. The highest BCUT2D eigenvalue weighted by atomic mass is 35.5. The molecule has 35 heavy (non-hydrogen) atoms. The summed E-state index contributed by atoms with van der Waals surface area (Å²) in [5, 5.41) is 21.0. The lowest BCUT2D eigenvalue weighted by Gasteiger charge is -2.11. The first-order valence-electron chi connectivity index (χ1n) is 9.86. The van der Waals surface area contributed by atoms with Crippen LogP contribution in [0.4, 0.5) is 24.5 Å². The Kier molecular flexibility index (Phi) is 6.43. The van der Waals surface area contributed by atoms with Crippen molar-refractivity contribution in [1.29, 1.82) is 0 Å². The molecular weight excluding hydrogens is 489 g/mol. The molecule has 1 heterocycles. The minimum Gasteiger partial charge on any atom is -0.457 e. The van der Waals surface area contributed by atoms with E-state index in [1.165, 1.54) is 18.2 Å². The summed E-state index contributed by atoms with van der Waals surface area (Å²) in [6.45, 7) is 0. The Bertz CT molecular complexity index is 1400. The third kappa shape index (κ3) is 5.76. The molecule has 0 fully saturated rings.